The molecule has 0 saturated carbocycles. The highest BCUT2D eigenvalue weighted by molar-refractivity contribution is 7.46. The topological polar surface area (TPSA) is 195 Å². The molecule has 0 spiro atoms. The predicted octanol–water partition coefficient (Wildman–Crippen LogP) is 2.07. The van der Waals surface area contributed by atoms with E-state index in [1.807, 2.05) is 27.7 Å². The largest absolute Gasteiger partial charge is 0.524 e. The number of hydrogen-bond donors (Lipinski definition) is 5. The number of rotatable bonds is 18. The first kappa shape index (κ1) is 34.1. The highest BCUT2D eigenvalue weighted by Gasteiger charge is 2.23. The second kappa shape index (κ2) is 15.2. The fourth-order valence-electron chi connectivity index (χ4n) is 3.39. The van der Waals surface area contributed by atoms with E-state index in [0.29, 0.717) is 42.9 Å². The monoisotopic (exact) mass is 602 g/mol. The minimum atomic E-state index is -4.63. The summed E-state index contributed by atoms with van der Waals surface area (Å²) in [6.07, 6.45) is 1.17. The lowest BCUT2D eigenvalue weighted by Gasteiger charge is -2.29. The molecule has 1 aromatic heterocycles. The SMILES string of the molecule is CC(C)(CCOCC(=O)On1c(O)ccc1O)OCCC(C)(C)OCCNC(=O)Cc1ccc(OP(=O)(O)O)cc1. The van der Waals surface area contributed by atoms with E-state index in [0.717, 1.165) is 0 Å². The number of aromatic nitrogens is 1. The number of aromatic hydroxyl groups is 2. The van der Waals surface area contributed by atoms with E-state index in [2.05, 4.69) is 9.84 Å². The van der Waals surface area contributed by atoms with E-state index in [1.165, 1.54) is 24.3 Å². The predicted molar refractivity (Wildman–Crippen MR) is 145 cm³/mol. The van der Waals surface area contributed by atoms with Crippen molar-refractivity contribution in [1.29, 1.82) is 0 Å². The maximum absolute atomic E-state index is 12.2. The van der Waals surface area contributed by atoms with E-state index in [9.17, 15) is 24.4 Å². The first-order valence-electron chi connectivity index (χ1n) is 12.8. The first-order valence-corrected chi connectivity index (χ1v) is 14.4. The van der Waals surface area contributed by atoms with Crippen LogP contribution in [0.25, 0.3) is 0 Å². The van der Waals surface area contributed by atoms with Crippen LogP contribution in [0.3, 0.4) is 0 Å². The summed E-state index contributed by atoms with van der Waals surface area (Å²) in [7, 11) is -4.63. The average Bonchev–Trinajstić information content (AvgIpc) is 3.17. The molecule has 1 aromatic carbocycles. The number of ether oxygens (including phenoxy) is 3. The van der Waals surface area contributed by atoms with Gasteiger partial charge >= 0.3 is 13.8 Å². The summed E-state index contributed by atoms with van der Waals surface area (Å²) >= 11 is 0. The molecule has 0 radical (unpaired) electrons. The van der Waals surface area contributed by atoms with Gasteiger partial charge in [0.2, 0.25) is 17.7 Å². The Morgan fingerprint density at radius 2 is 1.44 bits per heavy atom. The summed E-state index contributed by atoms with van der Waals surface area (Å²) in [4.78, 5) is 46.4. The number of amides is 1. The molecule has 0 bridgehead atoms. The molecular formula is C26H39N2O12P. The lowest BCUT2D eigenvalue weighted by Crippen LogP contribution is -2.35. The average molecular weight is 603 g/mol. The van der Waals surface area contributed by atoms with Gasteiger partial charge in [-0.15, -0.1) is 4.73 Å². The molecule has 230 valence electrons. The second-order valence-electron chi connectivity index (χ2n) is 10.3. The Hall–Kier alpha value is -3.13. The second-order valence-corrected chi connectivity index (χ2v) is 11.5. The quantitative estimate of drug-likeness (QED) is 0.123. The smallest absolute Gasteiger partial charge is 0.492 e. The summed E-state index contributed by atoms with van der Waals surface area (Å²) in [5, 5.41) is 21.7. The Morgan fingerprint density at radius 1 is 0.878 bits per heavy atom. The van der Waals surface area contributed by atoms with Crippen molar-refractivity contribution < 1.29 is 57.7 Å². The Kier molecular flexibility index (Phi) is 12.6. The third kappa shape index (κ3) is 13.9. The molecule has 2 rings (SSSR count). The Balaban J connectivity index is 1.58. The number of phosphoric acid groups is 1. The molecule has 2 aromatic rings. The van der Waals surface area contributed by atoms with Crippen molar-refractivity contribution >= 4 is 19.7 Å². The number of carbonyl (C=O) groups is 2. The van der Waals surface area contributed by atoms with Gasteiger partial charge in [-0.3, -0.25) is 14.6 Å². The number of phosphoric ester groups is 1. The Bertz CT molecular complexity index is 1150. The van der Waals surface area contributed by atoms with Gasteiger partial charge in [-0.25, -0.2) is 9.36 Å². The fraction of sp³-hybridized carbons (Fsp3) is 0.538. The van der Waals surface area contributed by atoms with Crippen LogP contribution in [0.1, 0.15) is 46.1 Å². The third-order valence-corrected chi connectivity index (χ3v) is 6.13. The minimum Gasteiger partial charge on any atom is -0.492 e. The number of nitrogens with one attached hydrogen (secondary N) is 1. The summed E-state index contributed by atoms with van der Waals surface area (Å²) < 4.78 is 33.1. The highest BCUT2D eigenvalue weighted by atomic mass is 31.2. The fourth-order valence-corrected chi connectivity index (χ4v) is 3.78. The van der Waals surface area contributed by atoms with Crippen LogP contribution in [0, 0.1) is 0 Å². The van der Waals surface area contributed by atoms with E-state index in [4.69, 9.17) is 28.8 Å². The van der Waals surface area contributed by atoms with Crippen LogP contribution in [0.2, 0.25) is 0 Å². The van der Waals surface area contributed by atoms with Crippen molar-refractivity contribution in [2.75, 3.05) is 33.0 Å². The zero-order chi connectivity index (χ0) is 30.7. The van der Waals surface area contributed by atoms with Crippen LogP contribution in [-0.2, 0) is 34.8 Å². The number of carbonyl (C=O) groups excluding carboxylic acids is 2. The first-order chi connectivity index (χ1) is 19.1. The molecule has 0 aliphatic rings. The van der Waals surface area contributed by atoms with Crippen LogP contribution < -0.4 is 14.7 Å². The number of hydrogen-bond acceptors (Lipinski definition) is 10. The van der Waals surface area contributed by atoms with Gasteiger partial charge in [0, 0.05) is 18.7 Å². The molecule has 1 heterocycles. The molecule has 0 aliphatic carbocycles. The van der Waals surface area contributed by atoms with Crippen molar-refractivity contribution in [3.8, 4) is 17.5 Å². The third-order valence-electron chi connectivity index (χ3n) is 5.69. The van der Waals surface area contributed by atoms with Crippen molar-refractivity contribution in [2.24, 2.45) is 0 Å². The van der Waals surface area contributed by atoms with E-state index in [1.54, 1.807) is 12.1 Å². The van der Waals surface area contributed by atoms with Gasteiger partial charge in [-0.05, 0) is 58.2 Å². The van der Waals surface area contributed by atoms with Crippen molar-refractivity contribution in [3.05, 3.63) is 42.0 Å². The molecule has 0 fully saturated rings. The molecule has 0 unspecified atom stereocenters. The zero-order valence-electron chi connectivity index (χ0n) is 23.6. The van der Waals surface area contributed by atoms with Crippen molar-refractivity contribution in [2.45, 2.75) is 58.2 Å². The summed E-state index contributed by atoms with van der Waals surface area (Å²) in [5.74, 6) is -1.83. The van der Waals surface area contributed by atoms with Crippen molar-refractivity contribution in [3.63, 3.8) is 0 Å². The van der Waals surface area contributed by atoms with Gasteiger partial charge < -0.3 is 39.1 Å². The van der Waals surface area contributed by atoms with Gasteiger partial charge in [0.1, 0.15) is 12.4 Å². The standard InChI is InChI=1S/C26H39N2O12P/c1-25(2,11-14-36-18-24(32)39-28-22(30)9-10-23(28)31)37-15-12-26(3,4)38-16-13-27-21(29)17-19-5-7-20(8-6-19)40-41(33,34)35/h5-10,30-31H,11-18H2,1-4H3,(H,27,29)(H2,33,34,35). The van der Waals surface area contributed by atoms with Crippen LogP contribution in [0.15, 0.2) is 36.4 Å². The highest BCUT2D eigenvalue weighted by Crippen LogP contribution is 2.37. The van der Waals surface area contributed by atoms with Gasteiger partial charge in [0.15, 0.2) is 0 Å². The van der Waals surface area contributed by atoms with Crippen LogP contribution in [0.5, 0.6) is 17.5 Å². The van der Waals surface area contributed by atoms with Crippen LogP contribution in [-0.4, -0.2) is 80.8 Å². The summed E-state index contributed by atoms with van der Waals surface area (Å²) in [6.45, 7) is 8.47. The van der Waals surface area contributed by atoms with Crippen molar-refractivity contribution in [1.82, 2.24) is 10.0 Å². The normalized spacial score (nSPS) is 12.2. The molecule has 0 saturated heterocycles. The molecule has 0 atom stereocenters. The Morgan fingerprint density at radius 3 is 2.02 bits per heavy atom. The summed E-state index contributed by atoms with van der Waals surface area (Å²) in [6, 6.07) is 8.22. The molecule has 15 heteroatoms. The molecule has 0 aliphatic heterocycles. The molecule has 41 heavy (non-hydrogen) atoms. The van der Waals surface area contributed by atoms with E-state index in [-0.39, 0.29) is 31.3 Å². The molecular weight excluding hydrogens is 563 g/mol. The lowest BCUT2D eigenvalue weighted by molar-refractivity contribution is -0.151. The molecule has 5 N–H and O–H groups in total. The molecule has 14 nitrogen and oxygen atoms in total. The van der Waals surface area contributed by atoms with Gasteiger partial charge in [-0.1, -0.05) is 12.1 Å². The van der Waals surface area contributed by atoms with E-state index < -0.39 is 36.8 Å². The Labute approximate surface area is 238 Å². The maximum atomic E-state index is 12.2. The van der Waals surface area contributed by atoms with Gasteiger partial charge in [0.05, 0.1) is 37.4 Å². The number of benzene rings is 1. The van der Waals surface area contributed by atoms with Crippen LogP contribution in [0.4, 0.5) is 0 Å². The van der Waals surface area contributed by atoms with Gasteiger partial charge in [0.25, 0.3) is 0 Å². The summed E-state index contributed by atoms with van der Waals surface area (Å²) in [5.41, 5.74) is -0.388. The number of nitrogens with zero attached hydrogens (tertiary/aromatic N) is 1. The van der Waals surface area contributed by atoms with Gasteiger partial charge in [-0.2, -0.15) is 0 Å². The lowest BCUT2D eigenvalue weighted by atomic mass is 10.0. The van der Waals surface area contributed by atoms with E-state index >= 15 is 0 Å². The van der Waals surface area contributed by atoms with Crippen LogP contribution >= 0.6 is 7.82 Å². The molecule has 1 amide bonds. The zero-order valence-corrected chi connectivity index (χ0v) is 24.5. The maximum Gasteiger partial charge on any atom is 0.524 e. The minimum absolute atomic E-state index is 0.00916.